The quantitative estimate of drug-likeness (QED) is 0.0807. The highest BCUT2D eigenvalue weighted by Gasteiger charge is 2.46. The third-order valence-electron chi connectivity index (χ3n) is 20.4. The molecule has 0 radical (unpaired) electrons. The van der Waals surface area contributed by atoms with Gasteiger partial charge in [-0.05, 0) is 149 Å². The Morgan fingerprint density at radius 3 is 1.95 bits per heavy atom. The van der Waals surface area contributed by atoms with E-state index >= 15 is 8.42 Å². The number of imidazole rings is 1. The zero-order chi connectivity index (χ0) is 64.1. The van der Waals surface area contributed by atoms with Crippen LogP contribution in [-0.4, -0.2) is 114 Å². The Morgan fingerprint density at radius 2 is 1.28 bits per heavy atom. The molecule has 94 heavy (non-hydrogen) atoms. The maximum absolute atomic E-state index is 15.3. The average Bonchev–Trinajstić information content (AvgIpc) is 1.53. The number of sulfone groups is 2. The van der Waals surface area contributed by atoms with Crippen LogP contribution in [0.25, 0.3) is 60.5 Å². The number of fused-ring (bicyclic) bond motifs is 6. The molecule has 2 unspecified atom stereocenters. The van der Waals surface area contributed by atoms with E-state index in [-0.39, 0.29) is 62.9 Å². The first kappa shape index (κ1) is 60.9. The van der Waals surface area contributed by atoms with Gasteiger partial charge < -0.3 is 33.3 Å². The Bertz CT molecular complexity index is 4840. The van der Waals surface area contributed by atoms with Gasteiger partial charge in [0.1, 0.15) is 12.1 Å². The van der Waals surface area contributed by atoms with Crippen molar-refractivity contribution >= 4 is 58.4 Å². The van der Waals surface area contributed by atoms with Gasteiger partial charge in [-0.3, -0.25) is 19.9 Å². The van der Waals surface area contributed by atoms with Crippen molar-refractivity contribution in [1.29, 1.82) is 0 Å². The van der Waals surface area contributed by atoms with Gasteiger partial charge in [0, 0.05) is 104 Å². The molecule has 0 bridgehead atoms. The van der Waals surface area contributed by atoms with Crippen LogP contribution in [0.15, 0.2) is 86.0 Å². The minimum absolute atomic E-state index is 0.0283. The fourth-order valence-electron chi connectivity index (χ4n) is 15.5. The lowest BCUT2D eigenvalue weighted by molar-refractivity contribution is 0.0638. The highest BCUT2D eigenvalue weighted by atomic mass is 32.2. The molecule has 0 saturated carbocycles. The van der Waals surface area contributed by atoms with Crippen molar-refractivity contribution in [3.63, 3.8) is 0 Å². The van der Waals surface area contributed by atoms with E-state index in [1.54, 1.807) is 20.2 Å². The second-order valence-corrected chi connectivity index (χ2v) is 31.9. The van der Waals surface area contributed by atoms with E-state index in [4.69, 9.17) is 48.2 Å². The number of ether oxygens (including phenoxy) is 2. The third kappa shape index (κ3) is 11.1. The van der Waals surface area contributed by atoms with E-state index in [0.717, 1.165) is 115 Å². The van der Waals surface area contributed by atoms with Crippen molar-refractivity contribution in [2.45, 2.75) is 152 Å². The molecular weight excluding hydrogens is 1250 g/mol. The molecule has 16 rings (SSSR count). The number of nitrogens with zero attached hydrogens (tertiary/aromatic N) is 12. The predicted molar refractivity (Wildman–Crippen MR) is 354 cm³/mol. The summed E-state index contributed by atoms with van der Waals surface area (Å²) in [5.41, 5.74) is 12.4. The predicted octanol–water partition coefficient (Wildman–Crippen LogP) is 12.2. The molecule has 2 N–H and O–H groups in total. The molecule has 6 aliphatic rings. The summed E-state index contributed by atoms with van der Waals surface area (Å²) in [5, 5.41) is 25.1. The van der Waals surface area contributed by atoms with E-state index in [0.29, 0.717) is 129 Å². The van der Waals surface area contributed by atoms with Gasteiger partial charge in [0.2, 0.25) is 23.6 Å². The van der Waals surface area contributed by atoms with E-state index in [2.05, 4.69) is 75.0 Å². The second kappa shape index (κ2) is 24.3. The first-order chi connectivity index (χ1) is 45.6. The van der Waals surface area contributed by atoms with Crippen molar-refractivity contribution in [3.05, 3.63) is 130 Å². The fourth-order valence-corrected chi connectivity index (χ4v) is 21.1. The van der Waals surface area contributed by atoms with Crippen LogP contribution >= 0.6 is 11.3 Å². The number of thiophene rings is 1. The van der Waals surface area contributed by atoms with Gasteiger partial charge in [-0.1, -0.05) is 32.9 Å². The van der Waals surface area contributed by atoms with Crippen LogP contribution in [0.1, 0.15) is 159 Å². The number of aromatic nitrogens is 12. The number of pyridine rings is 5. The van der Waals surface area contributed by atoms with Gasteiger partial charge in [0.15, 0.2) is 25.3 Å². The van der Waals surface area contributed by atoms with E-state index in [9.17, 15) is 8.42 Å². The minimum atomic E-state index is -3.98. The first-order valence-corrected chi connectivity index (χ1v) is 37.2. The molecule has 2 aliphatic carbocycles. The van der Waals surface area contributed by atoms with Crippen LogP contribution in [0.3, 0.4) is 0 Å². The topological polar surface area (TPSA) is 283 Å². The molecule has 4 aliphatic heterocycles. The number of nitrogens with one attached hydrogen (secondary N) is 2. The summed E-state index contributed by atoms with van der Waals surface area (Å²) in [6.07, 6.45) is 17.6. The van der Waals surface area contributed by atoms with Crippen LogP contribution < -0.4 is 10.6 Å². The molecule has 2 fully saturated rings. The Balaban J connectivity index is 0.720. The van der Waals surface area contributed by atoms with Crippen molar-refractivity contribution < 1.29 is 35.1 Å². The van der Waals surface area contributed by atoms with Crippen molar-refractivity contribution in [2.24, 2.45) is 23.7 Å². The van der Waals surface area contributed by atoms with Crippen LogP contribution in [0.2, 0.25) is 0 Å². The molecule has 0 spiro atoms. The molecule has 0 amide bonds. The Morgan fingerprint density at radius 1 is 0.649 bits per heavy atom. The zero-order valence-electron chi connectivity index (χ0n) is 53.3. The SMILES string of the molecule is Cc1nnc(-c2c(CCC3CCOCC3)nc3c(c2-c2cc4ncnc(N[C@@H]5CCc6nc(CC(C)[C@H]7CS(=O)(=O)c8c7nc(CCC7CCOCC7)c(-c7nnc(C)o7)c8-c7cn8cccc(NC9CCc%10ncccc%109)c8n7)ccc65)c4s2)S(=O)(=O)C[C@H]3C(C)C)o1. The molecule has 22 nitrogen and oxygen atoms in total. The first-order valence-electron chi connectivity index (χ1n) is 33.1. The summed E-state index contributed by atoms with van der Waals surface area (Å²) >= 11 is 1.45. The molecule has 5 atom stereocenters. The lowest BCUT2D eigenvalue weighted by Crippen LogP contribution is -2.18. The number of hydrogen-bond acceptors (Lipinski definition) is 22. The zero-order valence-corrected chi connectivity index (χ0v) is 55.7. The van der Waals surface area contributed by atoms with Gasteiger partial charge >= 0.3 is 0 Å². The van der Waals surface area contributed by atoms with Crippen LogP contribution in [0.4, 0.5) is 11.5 Å². The van der Waals surface area contributed by atoms with E-state index in [1.807, 2.05) is 47.3 Å². The largest absolute Gasteiger partial charge is 0.421 e. The summed E-state index contributed by atoms with van der Waals surface area (Å²) in [6.45, 7) is 12.5. The molecule has 10 aromatic rings. The molecule has 486 valence electrons. The summed E-state index contributed by atoms with van der Waals surface area (Å²) in [5.74, 6) is 1.57. The van der Waals surface area contributed by atoms with Gasteiger partial charge in [-0.25, -0.2) is 31.8 Å². The molecule has 14 heterocycles. The summed E-state index contributed by atoms with van der Waals surface area (Å²) in [4.78, 5) is 36.7. The molecule has 25 heteroatoms. The summed E-state index contributed by atoms with van der Waals surface area (Å²) < 4.78 is 86.4. The molecule has 0 aromatic carbocycles. The third-order valence-corrected chi connectivity index (χ3v) is 25.2. The Hall–Kier alpha value is -7.97. The molecule has 2 saturated heterocycles. The average molecular weight is 1320 g/mol. The van der Waals surface area contributed by atoms with Gasteiger partial charge in [-0.2, -0.15) is 0 Å². The number of aryl methyl sites for hydroxylation is 6. The highest BCUT2D eigenvalue weighted by molar-refractivity contribution is 7.92. The van der Waals surface area contributed by atoms with E-state index < -0.39 is 25.6 Å². The molecular formula is C69H74N14O8S3. The Labute approximate surface area is 548 Å². The lowest BCUT2D eigenvalue weighted by atomic mass is 9.86. The lowest BCUT2D eigenvalue weighted by Gasteiger charge is -2.23. The fraction of sp³-hybridized carbons (Fsp3) is 0.464. The standard InChI is InChI=1S/C69H74N14O8S3/c1-36(2)45-33-93(84,85)65-60(59(69-82-80-39(5)91-69)52(75-61(45)65)15-11-41-22-28-89-29-23-41)56-31-54-63(92-56)66(72-35-71-54)77-50-19-18-48-44(50)13-12-42(73-48)30-37(3)46-34-94(86,87)64-57(58(68-81-79-38(4)90-68)51(76-62(46)64)14-10-40-20-26-88-27-21-40)55-32-83-25-7-9-53(67(83)78-55)74-49-17-16-47-43(49)8-6-24-70-47/h6-9,12-13,24-25,31-32,35-37,40-41,45-46,49-50,74H,10-11,14-23,26-30,33-34H2,1-5H3,(H,71,72,77)/t37?,45-,46+,49?,50+/m0/s1. The van der Waals surface area contributed by atoms with Crippen molar-refractivity contribution in [2.75, 3.05) is 48.6 Å². The number of rotatable bonds is 18. The monoisotopic (exact) mass is 1320 g/mol. The smallest absolute Gasteiger partial charge is 0.250 e. The van der Waals surface area contributed by atoms with Gasteiger partial charge in [0.05, 0.1) is 88.9 Å². The maximum atomic E-state index is 15.3. The summed E-state index contributed by atoms with van der Waals surface area (Å²) in [7, 11) is -7.78. The van der Waals surface area contributed by atoms with Gasteiger partial charge in [0.25, 0.3) is 0 Å². The van der Waals surface area contributed by atoms with Gasteiger partial charge in [-0.15, -0.1) is 31.7 Å². The Kier molecular flexibility index (Phi) is 15.8. The molecule has 10 aromatic heterocycles. The van der Waals surface area contributed by atoms with Crippen LogP contribution in [0, 0.1) is 37.5 Å². The van der Waals surface area contributed by atoms with Crippen molar-refractivity contribution in [1.82, 2.24) is 59.7 Å². The maximum Gasteiger partial charge on any atom is 0.250 e. The normalized spacial score (nSPS) is 21.1. The second-order valence-electron chi connectivity index (χ2n) is 26.9. The number of anilines is 2. The van der Waals surface area contributed by atoms with Crippen molar-refractivity contribution in [3.8, 4) is 44.6 Å². The van der Waals surface area contributed by atoms with Crippen LogP contribution in [-0.2, 0) is 61.3 Å². The van der Waals surface area contributed by atoms with E-state index in [1.165, 1.54) is 11.3 Å². The number of hydrogen-bond donors (Lipinski definition) is 2. The summed E-state index contributed by atoms with van der Waals surface area (Å²) in [6, 6.07) is 14.1. The minimum Gasteiger partial charge on any atom is -0.421 e. The van der Waals surface area contributed by atoms with Crippen LogP contribution in [0.5, 0.6) is 0 Å². The highest BCUT2D eigenvalue weighted by Crippen LogP contribution is 2.53.